The number of amides is 1. The second kappa shape index (κ2) is 9.39. The van der Waals surface area contributed by atoms with Gasteiger partial charge in [-0.05, 0) is 55.4 Å². The van der Waals surface area contributed by atoms with Crippen molar-refractivity contribution in [1.29, 1.82) is 0 Å². The van der Waals surface area contributed by atoms with Crippen LogP contribution in [0.3, 0.4) is 0 Å². The van der Waals surface area contributed by atoms with Crippen LogP contribution in [-0.4, -0.2) is 49.3 Å². The molecule has 1 aliphatic heterocycles. The fourth-order valence-electron chi connectivity index (χ4n) is 3.21. The molecule has 28 heavy (non-hydrogen) atoms. The predicted octanol–water partition coefficient (Wildman–Crippen LogP) is 4.15. The zero-order valence-corrected chi connectivity index (χ0v) is 17.0. The standard InChI is InChI=1S/C21H25F2N3OS/c1-3-25-8-10-26(11-9-25)16-4-7-20(15(2)12-16)24-21(27)14-28-17-5-6-18(22)19(23)13-17/h4-7,12-13H,3,8-11,14H2,1-2H3,(H,24,27). The van der Waals surface area contributed by atoms with E-state index in [1.807, 2.05) is 19.1 Å². The van der Waals surface area contributed by atoms with Gasteiger partial charge in [0.1, 0.15) is 0 Å². The molecule has 150 valence electrons. The summed E-state index contributed by atoms with van der Waals surface area (Å²) in [6.45, 7) is 9.38. The molecule has 0 unspecified atom stereocenters. The zero-order valence-electron chi connectivity index (χ0n) is 16.2. The van der Waals surface area contributed by atoms with Crippen LogP contribution < -0.4 is 10.2 Å². The lowest BCUT2D eigenvalue weighted by atomic mass is 10.1. The van der Waals surface area contributed by atoms with Crippen molar-refractivity contribution in [2.24, 2.45) is 0 Å². The number of benzene rings is 2. The van der Waals surface area contributed by atoms with Crippen molar-refractivity contribution in [2.45, 2.75) is 18.7 Å². The Kier molecular flexibility index (Phi) is 6.91. The van der Waals surface area contributed by atoms with Gasteiger partial charge in [0.25, 0.3) is 0 Å². The molecule has 0 saturated carbocycles. The van der Waals surface area contributed by atoms with Crippen molar-refractivity contribution in [3.63, 3.8) is 0 Å². The van der Waals surface area contributed by atoms with Crippen LogP contribution in [-0.2, 0) is 4.79 Å². The summed E-state index contributed by atoms with van der Waals surface area (Å²) in [5.74, 6) is -1.84. The Hall–Kier alpha value is -2.12. The van der Waals surface area contributed by atoms with E-state index in [1.54, 1.807) is 0 Å². The molecule has 0 aliphatic carbocycles. The minimum atomic E-state index is -0.906. The molecule has 0 bridgehead atoms. The number of hydrogen-bond acceptors (Lipinski definition) is 4. The van der Waals surface area contributed by atoms with Crippen LogP contribution in [0.2, 0.25) is 0 Å². The van der Waals surface area contributed by atoms with E-state index in [4.69, 9.17) is 0 Å². The minimum Gasteiger partial charge on any atom is -0.369 e. The second-order valence-electron chi connectivity index (χ2n) is 6.83. The first kappa shape index (κ1) is 20.6. The van der Waals surface area contributed by atoms with E-state index in [0.29, 0.717) is 4.90 Å². The number of thioether (sulfide) groups is 1. The third-order valence-electron chi connectivity index (χ3n) is 4.93. The summed E-state index contributed by atoms with van der Waals surface area (Å²) in [5.41, 5.74) is 2.94. The highest BCUT2D eigenvalue weighted by atomic mass is 32.2. The lowest BCUT2D eigenvalue weighted by molar-refractivity contribution is -0.113. The van der Waals surface area contributed by atoms with Gasteiger partial charge in [0, 0.05) is 42.4 Å². The molecule has 2 aromatic carbocycles. The third-order valence-corrected chi connectivity index (χ3v) is 5.92. The molecule has 1 fully saturated rings. The van der Waals surface area contributed by atoms with Gasteiger partial charge in [-0.25, -0.2) is 8.78 Å². The molecule has 0 atom stereocenters. The van der Waals surface area contributed by atoms with Crippen molar-refractivity contribution in [2.75, 3.05) is 48.7 Å². The van der Waals surface area contributed by atoms with Crippen molar-refractivity contribution >= 4 is 29.0 Å². The van der Waals surface area contributed by atoms with Crippen molar-refractivity contribution in [1.82, 2.24) is 4.90 Å². The van der Waals surface area contributed by atoms with E-state index in [1.165, 1.54) is 23.5 Å². The number of likely N-dealkylation sites (N-methyl/N-ethyl adjacent to an activating group) is 1. The highest BCUT2D eigenvalue weighted by molar-refractivity contribution is 8.00. The van der Waals surface area contributed by atoms with Crippen LogP contribution in [0.5, 0.6) is 0 Å². The van der Waals surface area contributed by atoms with Gasteiger partial charge in [0.2, 0.25) is 5.91 Å². The van der Waals surface area contributed by atoms with Gasteiger partial charge in [-0.3, -0.25) is 4.79 Å². The van der Waals surface area contributed by atoms with E-state index in [-0.39, 0.29) is 11.7 Å². The average Bonchev–Trinajstić information content (AvgIpc) is 2.70. The summed E-state index contributed by atoms with van der Waals surface area (Å²) < 4.78 is 26.2. The smallest absolute Gasteiger partial charge is 0.234 e. The van der Waals surface area contributed by atoms with E-state index in [9.17, 15) is 13.6 Å². The van der Waals surface area contributed by atoms with Crippen molar-refractivity contribution in [3.05, 3.63) is 53.6 Å². The van der Waals surface area contributed by atoms with Gasteiger partial charge in [0.15, 0.2) is 11.6 Å². The normalized spacial score (nSPS) is 14.9. The largest absolute Gasteiger partial charge is 0.369 e. The number of anilines is 2. The first-order valence-electron chi connectivity index (χ1n) is 9.42. The Labute approximate surface area is 168 Å². The summed E-state index contributed by atoms with van der Waals surface area (Å²) in [5, 5.41) is 2.90. The maximum absolute atomic E-state index is 13.2. The van der Waals surface area contributed by atoms with Crippen LogP contribution in [0.25, 0.3) is 0 Å². The summed E-state index contributed by atoms with van der Waals surface area (Å²) >= 11 is 1.17. The average molecular weight is 406 g/mol. The molecular formula is C21H25F2N3OS. The maximum Gasteiger partial charge on any atom is 0.234 e. The molecular weight excluding hydrogens is 380 g/mol. The predicted molar refractivity (Wildman–Crippen MR) is 111 cm³/mol. The van der Waals surface area contributed by atoms with E-state index in [0.717, 1.165) is 56.1 Å². The molecule has 2 aromatic rings. The molecule has 0 radical (unpaired) electrons. The summed E-state index contributed by atoms with van der Waals surface area (Å²) in [7, 11) is 0. The van der Waals surface area contributed by atoms with Gasteiger partial charge in [-0.15, -0.1) is 11.8 Å². The first-order valence-corrected chi connectivity index (χ1v) is 10.4. The van der Waals surface area contributed by atoms with Gasteiger partial charge in [-0.2, -0.15) is 0 Å². The zero-order chi connectivity index (χ0) is 20.1. The molecule has 4 nitrogen and oxygen atoms in total. The lowest BCUT2D eigenvalue weighted by Crippen LogP contribution is -2.46. The first-order chi connectivity index (χ1) is 13.5. The van der Waals surface area contributed by atoms with E-state index >= 15 is 0 Å². The van der Waals surface area contributed by atoms with Gasteiger partial charge < -0.3 is 15.1 Å². The van der Waals surface area contributed by atoms with Gasteiger partial charge in [-0.1, -0.05) is 6.92 Å². The summed E-state index contributed by atoms with van der Waals surface area (Å²) in [6, 6.07) is 9.70. The van der Waals surface area contributed by atoms with Gasteiger partial charge in [0.05, 0.1) is 5.75 Å². The quantitative estimate of drug-likeness (QED) is 0.733. The molecule has 1 N–H and O–H groups in total. The molecule has 0 spiro atoms. The molecule has 0 aromatic heterocycles. The van der Waals surface area contributed by atoms with Crippen LogP contribution in [0, 0.1) is 18.6 Å². The third kappa shape index (κ3) is 5.23. The van der Waals surface area contributed by atoms with E-state index < -0.39 is 11.6 Å². The number of hydrogen-bond donors (Lipinski definition) is 1. The topological polar surface area (TPSA) is 35.6 Å². The van der Waals surface area contributed by atoms with Crippen LogP contribution in [0.1, 0.15) is 12.5 Å². The Morgan fingerprint density at radius 2 is 1.82 bits per heavy atom. The lowest BCUT2D eigenvalue weighted by Gasteiger charge is -2.35. The molecule has 3 rings (SSSR count). The number of carbonyl (C=O) groups excluding carboxylic acids is 1. The molecule has 1 saturated heterocycles. The Balaban J connectivity index is 1.55. The number of rotatable bonds is 6. The number of nitrogens with zero attached hydrogens (tertiary/aromatic N) is 2. The molecule has 7 heteroatoms. The Morgan fingerprint density at radius 3 is 2.46 bits per heavy atom. The fraction of sp³-hybridized carbons (Fsp3) is 0.381. The highest BCUT2D eigenvalue weighted by Crippen LogP contribution is 2.25. The molecule has 1 amide bonds. The minimum absolute atomic E-state index is 0.130. The van der Waals surface area contributed by atoms with E-state index in [2.05, 4.69) is 28.1 Å². The Morgan fingerprint density at radius 1 is 1.07 bits per heavy atom. The van der Waals surface area contributed by atoms with Gasteiger partial charge >= 0.3 is 0 Å². The van der Waals surface area contributed by atoms with Crippen molar-refractivity contribution in [3.8, 4) is 0 Å². The number of nitrogens with one attached hydrogen (secondary N) is 1. The Bertz CT molecular complexity index is 838. The number of halogens is 2. The SMILES string of the molecule is CCN1CCN(c2ccc(NC(=O)CSc3ccc(F)c(F)c3)c(C)c2)CC1. The van der Waals surface area contributed by atoms with Crippen LogP contribution >= 0.6 is 11.8 Å². The monoisotopic (exact) mass is 405 g/mol. The van der Waals surface area contributed by atoms with Crippen molar-refractivity contribution < 1.29 is 13.6 Å². The second-order valence-corrected chi connectivity index (χ2v) is 7.88. The maximum atomic E-state index is 13.2. The molecule has 1 aliphatic rings. The summed E-state index contributed by atoms with van der Waals surface area (Å²) in [6.07, 6.45) is 0. The fourth-order valence-corrected chi connectivity index (χ4v) is 3.93. The van der Waals surface area contributed by atoms with Crippen LogP contribution in [0.4, 0.5) is 20.2 Å². The summed E-state index contributed by atoms with van der Waals surface area (Å²) in [4.78, 5) is 17.5. The number of carbonyl (C=O) groups is 1. The molecule has 1 heterocycles. The van der Waals surface area contributed by atoms with Crippen LogP contribution in [0.15, 0.2) is 41.3 Å². The number of aryl methyl sites for hydroxylation is 1. The number of piperazine rings is 1. The highest BCUT2D eigenvalue weighted by Gasteiger charge is 2.16.